The molecule has 8 heteroatoms. The molecule has 1 aromatic carbocycles. The summed E-state index contributed by atoms with van der Waals surface area (Å²) in [5.74, 6) is 0. The number of carbonyl (C=O) groups excluding carboxylic acids is 1. The molecule has 1 unspecified atom stereocenters. The Morgan fingerprint density at radius 1 is 1.10 bits per heavy atom. The fourth-order valence-electron chi connectivity index (χ4n) is 4.40. The molecule has 1 aromatic rings. The predicted molar refractivity (Wildman–Crippen MR) is 114 cm³/mol. The monoisotopic (exact) mass is 429 g/mol. The first-order valence-electron chi connectivity index (χ1n) is 10.6. The lowest BCUT2D eigenvalue weighted by molar-refractivity contribution is -0.137. The van der Waals surface area contributed by atoms with Gasteiger partial charge in [0, 0.05) is 18.3 Å². The van der Waals surface area contributed by atoms with Crippen LogP contribution in [-0.4, -0.2) is 48.1 Å². The third-order valence-corrected chi connectivity index (χ3v) is 6.22. The van der Waals surface area contributed by atoms with E-state index < -0.39 is 11.7 Å². The van der Waals surface area contributed by atoms with Gasteiger partial charge < -0.3 is 15.1 Å². The Labute approximate surface area is 173 Å². The first-order chi connectivity index (χ1) is 13.8. The van der Waals surface area contributed by atoms with E-state index in [1.807, 2.05) is 4.90 Å². The van der Waals surface area contributed by atoms with E-state index in [0.717, 1.165) is 63.9 Å². The first-order valence-corrected chi connectivity index (χ1v) is 11.2. The van der Waals surface area contributed by atoms with Crippen LogP contribution < -0.4 is 10.6 Å². The average Bonchev–Trinajstić information content (AvgIpc) is 3.18. The molecule has 2 fully saturated rings. The van der Waals surface area contributed by atoms with Gasteiger partial charge in [-0.25, -0.2) is 4.79 Å². The number of amides is 2. The normalized spacial score (nSPS) is 18.8. The summed E-state index contributed by atoms with van der Waals surface area (Å²) in [6.07, 6.45) is 4.23. The van der Waals surface area contributed by atoms with Gasteiger partial charge in [-0.05, 0) is 75.2 Å². The molecule has 1 aliphatic heterocycles. The molecule has 29 heavy (non-hydrogen) atoms. The van der Waals surface area contributed by atoms with E-state index in [1.165, 1.54) is 19.3 Å². The van der Waals surface area contributed by atoms with Crippen LogP contribution in [0.25, 0.3) is 0 Å². The Hall–Kier alpha value is -1.33. The minimum atomic E-state index is -4.44. The number of rotatable bonds is 6. The van der Waals surface area contributed by atoms with Crippen LogP contribution in [0.5, 0.6) is 0 Å². The molecule has 1 atom stereocenters. The number of likely N-dealkylation sites (tertiary alicyclic amines) is 1. The molecule has 1 N–H and O–H groups in total. The molecular weight excluding hydrogens is 398 g/mol. The third kappa shape index (κ3) is 6.58. The topological polar surface area (TPSA) is 35.6 Å². The van der Waals surface area contributed by atoms with Gasteiger partial charge in [0.05, 0.1) is 5.56 Å². The molecule has 1 saturated carbocycles. The minimum absolute atomic E-state index is 0.170. The van der Waals surface area contributed by atoms with Crippen molar-refractivity contribution in [2.75, 3.05) is 31.5 Å². The van der Waals surface area contributed by atoms with Crippen molar-refractivity contribution in [3.63, 3.8) is 0 Å². The van der Waals surface area contributed by atoms with Crippen molar-refractivity contribution in [2.24, 2.45) is 0 Å². The van der Waals surface area contributed by atoms with E-state index in [-0.39, 0.29) is 17.8 Å². The Balaban J connectivity index is 1.67. The number of hydrogen-bond donors (Lipinski definition) is 1. The molecule has 1 heterocycles. The molecular formula is C21H31F3N3OP. The molecule has 0 aromatic heterocycles. The average molecular weight is 429 g/mol. The molecule has 2 amide bonds. The summed E-state index contributed by atoms with van der Waals surface area (Å²) in [7, 11) is 2.28. The number of benzene rings is 1. The summed E-state index contributed by atoms with van der Waals surface area (Å²) in [6.45, 7) is 3.85. The first kappa shape index (κ1) is 22.4. The van der Waals surface area contributed by atoms with Gasteiger partial charge in [-0.1, -0.05) is 19.3 Å². The molecule has 1 aliphatic carbocycles. The maximum Gasteiger partial charge on any atom is 0.416 e. The highest BCUT2D eigenvalue weighted by atomic mass is 31.0. The van der Waals surface area contributed by atoms with Crippen LogP contribution in [0.3, 0.4) is 0 Å². The number of hydrogen-bond acceptors (Lipinski definition) is 2. The molecule has 0 bridgehead atoms. The van der Waals surface area contributed by atoms with Crippen molar-refractivity contribution >= 4 is 26.3 Å². The standard InChI is InChI=1S/C21H31F3N3OP/c22-21(23,24)16-13-17(15-19(29)14-16)25-20(28)27(18-7-2-1-3-8-18)12-6-11-26-9-4-5-10-26/h13-15,18H,1-12,29H2,(H,25,28). The Morgan fingerprint density at radius 2 is 1.79 bits per heavy atom. The Kier molecular flexibility index (Phi) is 7.80. The van der Waals surface area contributed by atoms with Gasteiger partial charge in [-0.2, -0.15) is 13.2 Å². The highest BCUT2D eigenvalue weighted by Crippen LogP contribution is 2.31. The maximum atomic E-state index is 13.1. The number of nitrogens with zero attached hydrogens (tertiary/aromatic N) is 2. The number of urea groups is 1. The Morgan fingerprint density at radius 3 is 2.45 bits per heavy atom. The van der Waals surface area contributed by atoms with Gasteiger partial charge in [-0.3, -0.25) is 0 Å². The molecule has 2 aliphatic rings. The zero-order chi connectivity index (χ0) is 20.9. The second-order valence-electron chi connectivity index (χ2n) is 8.16. The Bertz CT molecular complexity index is 686. The summed E-state index contributed by atoms with van der Waals surface area (Å²) in [5, 5.41) is 3.13. The lowest BCUT2D eigenvalue weighted by atomic mass is 9.94. The van der Waals surface area contributed by atoms with Crippen molar-refractivity contribution in [1.29, 1.82) is 0 Å². The number of alkyl halides is 3. The van der Waals surface area contributed by atoms with Crippen molar-refractivity contribution < 1.29 is 18.0 Å². The quantitative estimate of drug-likeness (QED) is 0.656. The highest BCUT2D eigenvalue weighted by Gasteiger charge is 2.31. The third-order valence-electron chi connectivity index (χ3n) is 5.88. The van der Waals surface area contributed by atoms with Crippen LogP contribution >= 0.6 is 9.24 Å². The van der Waals surface area contributed by atoms with Crippen molar-refractivity contribution in [1.82, 2.24) is 9.80 Å². The van der Waals surface area contributed by atoms with Gasteiger partial charge in [-0.15, -0.1) is 9.24 Å². The summed E-state index contributed by atoms with van der Waals surface area (Å²) < 4.78 is 39.3. The van der Waals surface area contributed by atoms with E-state index >= 15 is 0 Å². The number of nitrogens with one attached hydrogen (secondary N) is 1. The van der Waals surface area contributed by atoms with Gasteiger partial charge in [0.1, 0.15) is 0 Å². The van der Waals surface area contributed by atoms with Crippen LogP contribution in [0.15, 0.2) is 18.2 Å². The maximum absolute atomic E-state index is 13.1. The second-order valence-corrected chi connectivity index (χ2v) is 8.83. The van der Waals surface area contributed by atoms with Crippen molar-refractivity contribution in [2.45, 2.75) is 63.6 Å². The van der Waals surface area contributed by atoms with Gasteiger partial charge in [0.15, 0.2) is 0 Å². The van der Waals surface area contributed by atoms with Gasteiger partial charge in [0.25, 0.3) is 0 Å². The van der Waals surface area contributed by atoms with Crippen LogP contribution in [0.4, 0.5) is 23.7 Å². The predicted octanol–water partition coefficient (Wildman–Crippen LogP) is 4.86. The molecule has 3 rings (SSSR count). The fourth-order valence-corrected chi connectivity index (χ4v) is 4.76. The fraction of sp³-hybridized carbons (Fsp3) is 0.667. The SMILES string of the molecule is O=C(Nc1cc(P)cc(C(F)(F)F)c1)N(CCCN1CCCC1)C1CCCCC1. The highest BCUT2D eigenvalue weighted by molar-refractivity contribution is 7.27. The number of carbonyl (C=O) groups is 1. The van der Waals surface area contributed by atoms with Crippen molar-refractivity contribution in [3.8, 4) is 0 Å². The largest absolute Gasteiger partial charge is 0.416 e. The molecule has 0 radical (unpaired) electrons. The summed E-state index contributed by atoms with van der Waals surface area (Å²) in [4.78, 5) is 17.3. The zero-order valence-electron chi connectivity index (χ0n) is 16.8. The zero-order valence-corrected chi connectivity index (χ0v) is 18.0. The van der Waals surface area contributed by atoms with Crippen LogP contribution in [-0.2, 0) is 6.18 Å². The second kappa shape index (κ2) is 10.1. The van der Waals surface area contributed by atoms with Crippen LogP contribution in [0.2, 0.25) is 0 Å². The van der Waals surface area contributed by atoms with Crippen LogP contribution in [0, 0.1) is 0 Å². The minimum Gasteiger partial charge on any atom is -0.322 e. The molecule has 0 spiro atoms. The van der Waals surface area contributed by atoms with E-state index in [4.69, 9.17) is 0 Å². The van der Waals surface area contributed by atoms with E-state index in [0.29, 0.717) is 11.8 Å². The van der Waals surface area contributed by atoms with E-state index in [9.17, 15) is 18.0 Å². The smallest absolute Gasteiger partial charge is 0.322 e. The van der Waals surface area contributed by atoms with Gasteiger partial charge >= 0.3 is 12.2 Å². The van der Waals surface area contributed by atoms with Crippen molar-refractivity contribution in [3.05, 3.63) is 23.8 Å². The lowest BCUT2D eigenvalue weighted by Crippen LogP contribution is -2.45. The summed E-state index contributed by atoms with van der Waals surface area (Å²) in [6, 6.07) is 3.51. The van der Waals surface area contributed by atoms with Crippen LogP contribution in [0.1, 0.15) is 56.9 Å². The number of anilines is 1. The molecule has 162 valence electrons. The molecule has 4 nitrogen and oxygen atoms in total. The summed E-state index contributed by atoms with van der Waals surface area (Å²) in [5.41, 5.74) is -0.561. The van der Waals surface area contributed by atoms with E-state index in [2.05, 4.69) is 19.5 Å². The lowest BCUT2D eigenvalue weighted by Gasteiger charge is -2.35. The molecule has 1 saturated heterocycles. The summed E-state index contributed by atoms with van der Waals surface area (Å²) >= 11 is 0. The number of halogens is 3. The van der Waals surface area contributed by atoms with E-state index in [1.54, 1.807) is 6.07 Å². The van der Waals surface area contributed by atoms with Gasteiger partial charge in [0.2, 0.25) is 0 Å².